The molecular weight excluding hydrogens is 448 g/mol. The van der Waals surface area contributed by atoms with Gasteiger partial charge in [-0.05, 0) is 31.4 Å². The lowest BCUT2D eigenvalue weighted by Crippen LogP contribution is -2.51. The molecule has 0 N–H and O–H groups in total. The zero-order chi connectivity index (χ0) is 23.3. The van der Waals surface area contributed by atoms with Crippen LogP contribution < -0.4 is 9.47 Å². The molecular formula is C24H25ClN2O6. The van der Waals surface area contributed by atoms with Crippen LogP contribution in [0.2, 0.25) is 5.02 Å². The van der Waals surface area contributed by atoms with Crippen molar-refractivity contribution in [2.75, 3.05) is 20.8 Å². The first-order chi connectivity index (χ1) is 15.9. The molecule has 174 valence electrons. The maximum absolute atomic E-state index is 13.8. The predicted octanol–water partition coefficient (Wildman–Crippen LogP) is 4.36. The van der Waals surface area contributed by atoms with Crippen molar-refractivity contribution in [2.45, 2.75) is 44.4 Å². The van der Waals surface area contributed by atoms with E-state index in [0.717, 1.165) is 25.0 Å². The molecule has 1 saturated heterocycles. The van der Waals surface area contributed by atoms with Crippen LogP contribution in [0.5, 0.6) is 11.5 Å². The van der Waals surface area contributed by atoms with Gasteiger partial charge in [-0.25, -0.2) is 4.68 Å². The maximum atomic E-state index is 13.8. The molecule has 2 aliphatic heterocycles. The van der Waals surface area contributed by atoms with Gasteiger partial charge >= 0.3 is 0 Å². The lowest BCUT2D eigenvalue weighted by atomic mass is 9.75. The third kappa shape index (κ3) is 3.19. The smallest absolute Gasteiger partial charge is 0.231 e. The van der Waals surface area contributed by atoms with E-state index in [1.54, 1.807) is 23.9 Å². The number of benzene rings is 1. The van der Waals surface area contributed by atoms with Crippen LogP contribution in [0, 0.1) is 5.92 Å². The summed E-state index contributed by atoms with van der Waals surface area (Å²) in [5, 5.41) is 4.74. The first kappa shape index (κ1) is 22.0. The third-order valence-electron chi connectivity index (χ3n) is 6.69. The van der Waals surface area contributed by atoms with Gasteiger partial charge in [0.15, 0.2) is 23.5 Å². The molecule has 3 heterocycles. The quantitative estimate of drug-likeness (QED) is 0.652. The zero-order valence-electron chi connectivity index (χ0n) is 18.7. The van der Waals surface area contributed by atoms with Gasteiger partial charge in [-0.1, -0.05) is 18.5 Å². The Morgan fingerprint density at radius 1 is 1.24 bits per heavy atom. The number of ketones is 2. The predicted molar refractivity (Wildman–Crippen MR) is 120 cm³/mol. The summed E-state index contributed by atoms with van der Waals surface area (Å²) in [7, 11) is 2.92. The molecule has 0 radical (unpaired) electrons. The monoisotopic (exact) mass is 472 g/mol. The Morgan fingerprint density at radius 3 is 2.76 bits per heavy atom. The van der Waals surface area contributed by atoms with E-state index >= 15 is 0 Å². The summed E-state index contributed by atoms with van der Waals surface area (Å²) in [5.74, 6) is -0.170. The minimum Gasteiger partial charge on any atom is -0.496 e. The minimum atomic E-state index is -1.47. The van der Waals surface area contributed by atoms with E-state index < -0.39 is 11.5 Å². The highest BCUT2D eigenvalue weighted by Crippen LogP contribution is 2.54. The number of carbonyl (C=O) groups is 2. The number of methoxy groups -OCH3 is 2. The number of allylic oxidation sites excluding steroid dienone is 1. The summed E-state index contributed by atoms with van der Waals surface area (Å²) in [6.07, 6.45) is 5.91. The highest BCUT2D eigenvalue weighted by Gasteiger charge is 2.59. The molecule has 9 heteroatoms. The van der Waals surface area contributed by atoms with E-state index in [1.807, 2.05) is 6.07 Å². The van der Waals surface area contributed by atoms with Gasteiger partial charge in [-0.15, -0.1) is 0 Å². The second-order valence-electron chi connectivity index (χ2n) is 8.58. The summed E-state index contributed by atoms with van der Waals surface area (Å²) in [6, 6.07) is 3.58. The topological polar surface area (TPSA) is 88.9 Å². The van der Waals surface area contributed by atoms with Gasteiger partial charge < -0.3 is 18.9 Å². The summed E-state index contributed by atoms with van der Waals surface area (Å²) in [5.41, 5.74) is 0.133. The van der Waals surface area contributed by atoms with E-state index in [-0.39, 0.29) is 46.3 Å². The number of nitrogens with zero attached hydrogens (tertiary/aromatic N) is 2. The minimum absolute atomic E-state index is 0.118. The van der Waals surface area contributed by atoms with Crippen molar-refractivity contribution in [3.05, 3.63) is 40.8 Å². The van der Waals surface area contributed by atoms with Crippen LogP contribution in [0.3, 0.4) is 0 Å². The van der Waals surface area contributed by atoms with E-state index in [9.17, 15) is 9.59 Å². The van der Waals surface area contributed by atoms with Crippen molar-refractivity contribution in [1.82, 2.24) is 9.78 Å². The second-order valence-corrected chi connectivity index (χ2v) is 8.96. The Bertz CT molecular complexity index is 1170. The molecule has 0 amide bonds. The number of fused-ring (bicyclic) bond motifs is 1. The van der Waals surface area contributed by atoms with Crippen LogP contribution in [0.15, 0.2) is 30.2 Å². The van der Waals surface area contributed by atoms with Gasteiger partial charge in [-0.3, -0.25) is 9.59 Å². The van der Waals surface area contributed by atoms with Gasteiger partial charge in [0, 0.05) is 36.8 Å². The number of rotatable bonds is 4. The first-order valence-corrected chi connectivity index (χ1v) is 11.4. The third-order valence-corrected chi connectivity index (χ3v) is 7.06. The maximum Gasteiger partial charge on any atom is 0.231 e. The second kappa shape index (κ2) is 8.18. The van der Waals surface area contributed by atoms with Crippen molar-refractivity contribution in [3.63, 3.8) is 0 Å². The van der Waals surface area contributed by atoms with Crippen molar-refractivity contribution < 1.29 is 28.5 Å². The Hall–Kier alpha value is -2.84. The Morgan fingerprint density at radius 2 is 2.06 bits per heavy atom. The summed E-state index contributed by atoms with van der Waals surface area (Å²) in [6.45, 7) is 2.47. The zero-order valence-corrected chi connectivity index (χ0v) is 19.5. The highest BCUT2D eigenvalue weighted by atomic mass is 35.5. The number of hydrogen-bond acceptors (Lipinski definition) is 7. The number of aromatic nitrogens is 2. The Kier molecular flexibility index (Phi) is 5.45. The van der Waals surface area contributed by atoms with Gasteiger partial charge in [0.1, 0.15) is 11.3 Å². The highest BCUT2D eigenvalue weighted by molar-refractivity contribution is 6.36. The van der Waals surface area contributed by atoms with Gasteiger partial charge in [0.25, 0.3) is 0 Å². The molecule has 3 atom stereocenters. The van der Waals surface area contributed by atoms with Crippen molar-refractivity contribution >= 4 is 23.2 Å². The molecule has 1 aromatic carbocycles. The summed E-state index contributed by atoms with van der Waals surface area (Å²) >= 11 is 6.88. The fraction of sp³-hybridized carbons (Fsp3) is 0.458. The van der Waals surface area contributed by atoms with Crippen LogP contribution in [0.25, 0.3) is 11.3 Å². The van der Waals surface area contributed by atoms with E-state index in [0.29, 0.717) is 17.9 Å². The van der Waals surface area contributed by atoms with E-state index in [4.69, 9.17) is 30.5 Å². The SMILES string of the molecule is COC1=CC(=O)C[C@@H](C)[C@]12Oc1c(Cl)c(-c3ccnn3C3CCCCO3)cc(OC)c1C2=O. The molecule has 1 aliphatic carbocycles. The van der Waals surface area contributed by atoms with E-state index in [2.05, 4.69) is 5.10 Å². The molecule has 1 unspecified atom stereocenters. The van der Waals surface area contributed by atoms with Crippen LogP contribution in [-0.4, -0.2) is 47.8 Å². The van der Waals surface area contributed by atoms with Crippen molar-refractivity contribution in [2.24, 2.45) is 5.92 Å². The standard InChI is InChI=1S/C24H25ClN2O6/c1-13-10-14(28)11-18(31-3)24(13)23(29)20-17(30-2)12-15(21(25)22(20)33-24)16-7-8-26-27(16)19-6-4-5-9-32-19/h7-8,11-13,19H,4-6,9-10H2,1-3H3/t13-,19?,24+/m1/s1. The molecule has 0 bridgehead atoms. The average Bonchev–Trinajstić information content (AvgIpc) is 3.42. The fourth-order valence-electron chi connectivity index (χ4n) is 5.03. The van der Waals surface area contributed by atoms with Gasteiger partial charge in [0.05, 0.1) is 24.9 Å². The van der Waals surface area contributed by atoms with Gasteiger partial charge in [0.2, 0.25) is 11.4 Å². The molecule has 0 saturated carbocycles. The number of halogens is 1. The molecule has 1 aromatic heterocycles. The average molecular weight is 473 g/mol. The molecule has 2 aromatic rings. The molecule has 33 heavy (non-hydrogen) atoms. The fourth-order valence-corrected chi connectivity index (χ4v) is 5.32. The molecule has 1 fully saturated rings. The summed E-state index contributed by atoms with van der Waals surface area (Å²) in [4.78, 5) is 25.9. The number of carbonyl (C=O) groups excluding carboxylic acids is 2. The first-order valence-electron chi connectivity index (χ1n) is 11.0. The van der Waals surface area contributed by atoms with Crippen LogP contribution in [0.1, 0.15) is 49.2 Å². The normalized spacial score (nSPS) is 26.7. The largest absolute Gasteiger partial charge is 0.496 e. The van der Waals surface area contributed by atoms with Gasteiger partial charge in [-0.2, -0.15) is 5.10 Å². The lowest BCUT2D eigenvalue weighted by Gasteiger charge is -2.36. The number of ether oxygens (including phenoxy) is 4. The number of hydrogen-bond donors (Lipinski definition) is 0. The van der Waals surface area contributed by atoms with Crippen molar-refractivity contribution in [1.29, 1.82) is 0 Å². The summed E-state index contributed by atoms with van der Waals surface area (Å²) < 4.78 is 25.1. The Balaban J connectivity index is 1.66. The molecule has 5 rings (SSSR count). The van der Waals surface area contributed by atoms with Crippen LogP contribution in [-0.2, 0) is 14.3 Å². The van der Waals surface area contributed by atoms with Crippen LogP contribution in [0.4, 0.5) is 0 Å². The van der Waals surface area contributed by atoms with E-state index in [1.165, 1.54) is 20.3 Å². The Labute approximate surface area is 196 Å². The molecule has 8 nitrogen and oxygen atoms in total. The number of Topliss-reactive ketones (excluding diaryl/α,β-unsaturated/α-hetero) is 1. The molecule has 3 aliphatic rings. The molecule has 1 spiro atoms. The lowest BCUT2D eigenvalue weighted by molar-refractivity contribution is -0.118. The van der Waals surface area contributed by atoms with Crippen LogP contribution >= 0.6 is 11.6 Å². The van der Waals surface area contributed by atoms with Crippen molar-refractivity contribution in [3.8, 4) is 22.8 Å².